The summed E-state index contributed by atoms with van der Waals surface area (Å²) in [7, 11) is 0. The molecule has 154 valence electrons. The number of anilines is 2. The lowest BCUT2D eigenvalue weighted by atomic mass is 10.1. The molecular formula is C24H30N2O2S. The molecule has 29 heavy (non-hydrogen) atoms. The van der Waals surface area contributed by atoms with Crippen molar-refractivity contribution in [2.24, 2.45) is 0 Å². The van der Waals surface area contributed by atoms with Gasteiger partial charge in [-0.3, -0.25) is 14.5 Å². The molecule has 1 atom stereocenters. The lowest BCUT2D eigenvalue weighted by Crippen LogP contribution is -2.28. The van der Waals surface area contributed by atoms with E-state index in [1.165, 1.54) is 24.0 Å². The Kier molecular flexibility index (Phi) is 7.37. The second-order valence-electron chi connectivity index (χ2n) is 7.68. The van der Waals surface area contributed by atoms with E-state index in [0.717, 1.165) is 29.8 Å². The number of thioether (sulfide) groups is 1. The second-order valence-corrected chi connectivity index (χ2v) is 8.75. The third kappa shape index (κ3) is 5.41. The molecule has 0 bridgehead atoms. The number of carbonyl (C=O) groups is 2. The van der Waals surface area contributed by atoms with Crippen LogP contribution in [0.1, 0.15) is 61.1 Å². The average molecular weight is 411 g/mol. The fraction of sp³-hybridized carbons (Fsp3) is 0.417. The van der Waals surface area contributed by atoms with Gasteiger partial charge in [-0.25, -0.2) is 0 Å². The molecule has 3 rings (SSSR count). The third-order valence-electron chi connectivity index (χ3n) is 5.35. The van der Waals surface area contributed by atoms with Crippen LogP contribution >= 0.6 is 11.8 Å². The van der Waals surface area contributed by atoms with E-state index in [1.807, 2.05) is 35.2 Å². The van der Waals surface area contributed by atoms with Crippen molar-refractivity contribution in [3.05, 3.63) is 59.2 Å². The maximum Gasteiger partial charge on any atom is 0.238 e. The molecule has 1 aliphatic rings. The van der Waals surface area contributed by atoms with Crippen LogP contribution in [-0.4, -0.2) is 17.6 Å². The number of benzene rings is 2. The van der Waals surface area contributed by atoms with Gasteiger partial charge >= 0.3 is 0 Å². The van der Waals surface area contributed by atoms with Crippen LogP contribution < -0.4 is 10.2 Å². The number of nitrogens with zero attached hydrogens (tertiary/aromatic N) is 1. The van der Waals surface area contributed by atoms with Gasteiger partial charge in [0, 0.05) is 17.8 Å². The zero-order valence-electron chi connectivity index (χ0n) is 17.5. The fourth-order valence-corrected chi connectivity index (χ4v) is 4.70. The van der Waals surface area contributed by atoms with Crippen LogP contribution in [0.25, 0.3) is 0 Å². The maximum atomic E-state index is 12.6. The van der Waals surface area contributed by atoms with Crippen molar-refractivity contribution in [1.29, 1.82) is 0 Å². The highest BCUT2D eigenvalue weighted by Crippen LogP contribution is 2.42. The Morgan fingerprint density at radius 3 is 2.69 bits per heavy atom. The zero-order valence-corrected chi connectivity index (χ0v) is 18.3. The van der Waals surface area contributed by atoms with Crippen molar-refractivity contribution in [2.45, 2.75) is 58.2 Å². The highest BCUT2D eigenvalue weighted by atomic mass is 32.2. The van der Waals surface area contributed by atoms with Crippen LogP contribution in [0.2, 0.25) is 0 Å². The van der Waals surface area contributed by atoms with Crippen LogP contribution in [0.3, 0.4) is 0 Å². The molecule has 1 aliphatic heterocycles. The highest BCUT2D eigenvalue weighted by molar-refractivity contribution is 8.00. The van der Waals surface area contributed by atoms with Crippen molar-refractivity contribution in [1.82, 2.24) is 0 Å². The van der Waals surface area contributed by atoms with Gasteiger partial charge in [-0.1, -0.05) is 44.4 Å². The van der Waals surface area contributed by atoms with Crippen LogP contribution in [0.4, 0.5) is 11.4 Å². The summed E-state index contributed by atoms with van der Waals surface area (Å²) >= 11 is 1.63. The average Bonchev–Trinajstić information content (AvgIpc) is 3.09. The van der Waals surface area contributed by atoms with Crippen molar-refractivity contribution in [2.75, 3.05) is 16.0 Å². The summed E-state index contributed by atoms with van der Waals surface area (Å²) in [4.78, 5) is 26.7. The summed E-state index contributed by atoms with van der Waals surface area (Å²) in [5, 5.41) is 2.94. The Morgan fingerprint density at radius 2 is 1.93 bits per heavy atom. The van der Waals surface area contributed by atoms with Crippen LogP contribution in [0.15, 0.2) is 42.5 Å². The molecular weight excluding hydrogens is 380 g/mol. The summed E-state index contributed by atoms with van der Waals surface area (Å²) in [6.07, 6.45) is 4.90. The summed E-state index contributed by atoms with van der Waals surface area (Å²) in [5.41, 5.74) is 5.15. The van der Waals surface area contributed by atoms with Gasteiger partial charge in [-0.15, -0.1) is 11.8 Å². The molecule has 1 N–H and O–H groups in total. The van der Waals surface area contributed by atoms with E-state index < -0.39 is 0 Å². The molecule has 1 heterocycles. The predicted molar refractivity (Wildman–Crippen MR) is 122 cm³/mol. The van der Waals surface area contributed by atoms with E-state index in [2.05, 4.69) is 38.2 Å². The van der Waals surface area contributed by atoms with E-state index in [1.54, 1.807) is 11.8 Å². The highest BCUT2D eigenvalue weighted by Gasteiger charge is 2.34. The molecule has 1 saturated heterocycles. The largest absolute Gasteiger partial charge is 0.326 e. The van der Waals surface area contributed by atoms with Crippen molar-refractivity contribution < 1.29 is 9.59 Å². The number of unbranched alkanes of at least 4 members (excludes halogenated alkanes) is 3. The Hall–Kier alpha value is -2.27. The van der Waals surface area contributed by atoms with Gasteiger partial charge in [0.15, 0.2) is 0 Å². The standard InChI is InChI=1S/C24H30N2O2S/c1-4-5-6-7-11-22(27)25-20-10-8-9-19(15-20)24-26(23(28)16-29-24)21-13-12-17(2)18(3)14-21/h8-10,12-15,24H,4-7,11,16H2,1-3H3,(H,25,27)/t24-/m1/s1. The van der Waals surface area contributed by atoms with Gasteiger partial charge in [0.1, 0.15) is 5.37 Å². The van der Waals surface area contributed by atoms with Crippen LogP contribution in [-0.2, 0) is 9.59 Å². The molecule has 2 amide bonds. The summed E-state index contributed by atoms with van der Waals surface area (Å²) in [6, 6.07) is 14.0. The number of nitrogens with one attached hydrogen (secondary N) is 1. The molecule has 0 radical (unpaired) electrons. The number of hydrogen-bond donors (Lipinski definition) is 1. The zero-order chi connectivity index (χ0) is 20.8. The Morgan fingerprint density at radius 1 is 1.10 bits per heavy atom. The minimum Gasteiger partial charge on any atom is -0.326 e. The molecule has 1 fully saturated rings. The van der Waals surface area contributed by atoms with E-state index in [4.69, 9.17) is 0 Å². The number of hydrogen-bond acceptors (Lipinski definition) is 3. The summed E-state index contributed by atoms with van der Waals surface area (Å²) in [6.45, 7) is 6.31. The van der Waals surface area contributed by atoms with Crippen LogP contribution in [0.5, 0.6) is 0 Å². The first kappa shape index (κ1) is 21.4. The minimum atomic E-state index is -0.0778. The van der Waals surface area contributed by atoms with Gasteiger partial charge in [0.05, 0.1) is 5.75 Å². The van der Waals surface area contributed by atoms with Gasteiger partial charge < -0.3 is 5.32 Å². The number of rotatable bonds is 8. The van der Waals surface area contributed by atoms with Crippen molar-refractivity contribution in [3.8, 4) is 0 Å². The molecule has 5 heteroatoms. The fourth-order valence-electron chi connectivity index (χ4n) is 3.53. The molecule has 0 unspecified atom stereocenters. The minimum absolute atomic E-state index is 0.0550. The first-order chi connectivity index (χ1) is 14.0. The molecule has 0 aliphatic carbocycles. The lowest BCUT2D eigenvalue weighted by Gasteiger charge is -2.25. The number of aryl methyl sites for hydroxylation is 2. The van der Waals surface area contributed by atoms with E-state index in [-0.39, 0.29) is 17.2 Å². The maximum absolute atomic E-state index is 12.6. The SMILES string of the molecule is CCCCCCC(=O)Nc1cccc([C@H]2SCC(=O)N2c2ccc(C)c(C)c2)c1. The predicted octanol–water partition coefficient (Wildman–Crippen LogP) is 5.99. The van der Waals surface area contributed by atoms with Gasteiger partial charge in [-0.05, 0) is 61.2 Å². The van der Waals surface area contributed by atoms with Gasteiger partial charge in [-0.2, -0.15) is 0 Å². The second kappa shape index (κ2) is 9.97. The summed E-state index contributed by atoms with van der Waals surface area (Å²) < 4.78 is 0. The Balaban J connectivity index is 1.74. The van der Waals surface area contributed by atoms with Crippen molar-refractivity contribution >= 4 is 35.0 Å². The van der Waals surface area contributed by atoms with E-state index >= 15 is 0 Å². The van der Waals surface area contributed by atoms with Gasteiger partial charge in [0.2, 0.25) is 11.8 Å². The topological polar surface area (TPSA) is 49.4 Å². The first-order valence-electron chi connectivity index (χ1n) is 10.4. The smallest absolute Gasteiger partial charge is 0.238 e. The molecule has 4 nitrogen and oxygen atoms in total. The lowest BCUT2D eigenvalue weighted by molar-refractivity contribution is -0.117. The Bertz CT molecular complexity index is 881. The quantitative estimate of drug-likeness (QED) is 0.544. The number of carbonyl (C=O) groups excluding carboxylic acids is 2. The van der Waals surface area contributed by atoms with Gasteiger partial charge in [0.25, 0.3) is 0 Å². The van der Waals surface area contributed by atoms with E-state index in [0.29, 0.717) is 12.2 Å². The molecule has 2 aromatic rings. The Labute approximate surface area is 178 Å². The third-order valence-corrected chi connectivity index (χ3v) is 6.56. The molecule has 0 aromatic heterocycles. The first-order valence-corrected chi connectivity index (χ1v) is 11.4. The van der Waals surface area contributed by atoms with Crippen molar-refractivity contribution in [3.63, 3.8) is 0 Å². The van der Waals surface area contributed by atoms with Crippen LogP contribution in [0, 0.1) is 13.8 Å². The normalized spacial score (nSPS) is 16.3. The summed E-state index contributed by atoms with van der Waals surface area (Å²) in [5.74, 6) is 0.638. The molecule has 0 saturated carbocycles. The number of amides is 2. The molecule has 2 aromatic carbocycles. The monoisotopic (exact) mass is 410 g/mol. The van der Waals surface area contributed by atoms with E-state index in [9.17, 15) is 9.59 Å². The molecule has 0 spiro atoms.